The van der Waals surface area contributed by atoms with E-state index in [-0.39, 0.29) is 0 Å². The van der Waals surface area contributed by atoms with Crippen LogP contribution in [-0.2, 0) is 4.74 Å². The number of hydrogen-bond donors (Lipinski definition) is 2. The minimum atomic E-state index is 0.302. The molecule has 2 aromatic rings. The number of hydrogen-bond acceptors (Lipinski definition) is 7. The predicted molar refractivity (Wildman–Crippen MR) is 67.8 cm³/mol. The van der Waals surface area contributed by atoms with Gasteiger partial charge in [0.2, 0.25) is 5.95 Å². The van der Waals surface area contributed by atoms with Gasteiger partial charge in [0, 0.05) is 13.1 Å². The van der Waals surface area contributed by atoms with E-state index in [9.17, 15) is 0 Å². The minimum absolute atomic E-state index is 0.302. The lowest BCUT2D eigenvalue weighted by molar-refractivity contribution is 0.0495. The van der Waals surface area contributed by atoms with Gasteiger partial charge in [-0.25, -0.2) is 9.99 Å². The molecular formula is C10H13N5OS. The van der Waals surface area contributed by atoms with Gasteiger partial charge in [-0.1, -0.05) is 0 Å². The summed E-state index contributed by atoms with van der Waals surface area (Å²) in [6.45, 7) is 3.16. The van der Waals surface area contributed by atoms with Gasteiger partial charge in [-0.3, -0.25) is 0 Å². The Morgan fingerprint density at radius 1 is 1.35 bits per heavy atom. The Labute approximate surface area is 102 Å². The number of nitrogens with one attached hydrogen (secondary N) is 1. The van der Waals surface area contributed by atoms with Gasteiger partial charge in [-0.15, -0.1) is 11.3 Å². The summed E-state index contributed by atoms with van der Waals surface area (Å²) < 4.78 is 5.30. The van der Waals surface area contributed by atoms with Gasteiger partial charge in [0.05, 0.1) is 18.6 Å². The van der Waals surface area contributed by atoms with Crippen molar-refractivity contribution in [3.8, 4) is 0 Å². The molecule has 0 aromatic carbocycles. The number of nitrogen functional groups attached to an aromatic ring is 1. The molecule has 2 aromatic heterocycles. The van der Waals surface area contributed by atoms with Gasteiger partial charge in [0.25, 0.3) is 0 Å². The summed E-state index contributed by atoms with van der Waals surface area (Å²) in [7, 11) is 0. The normalized spacial score (nSPS) is 17.4. The SMILES string of the molecule is Nc1nc(NN2CCOCC2)c2ccsc2n1. The first-order valence-electron chi connectivity index (χ1n) is 5.43. The number of fused-ring (bicyclic) bond motifs is 1. The standard InChI is InChI=1S/C10H13N5OS/c11-10-12-8(7-1-6-17-9(7)13-10)14-15-2-4-16-5-3-15/h1,6H,2-5H2,(H3,11,12,13,14). The molecule has 0 atom stereocenters. The third kappa shape index (κ3) is 2.17. The fraction of sp³-hybridized carbons (Fsp3) is 0.400. The van der Waals surface area contributed by atoms with Crippen LogP contribution in [0.25, 0.3) is 10.2 Å². The molecule has 7 heteroatoms. The van der Waals surface area contributed by atoms with Crippen molar-refractivity contribution in [2.24, 2.45) is 0 Å². The Balaban J connectivity index is 1.90. The maximum atomic E-state index is 5.69. The van der Waals surface area contributed by atoms with Crippen LogP contribution in [0.4, 0.5) is 11.8 Å². The smallest absolute Gasteiger partial charge is 0.223 e. The maximum absolute atomic E-state index is 5.69. The molecule has 0 amide bonds. The molecule has 3 heterocycles. The monoisotopic (exact) mass is 251 g/mol. The average molecular weight is 251 g/mol. The Bertz CT molecular complexity index is 522. The van der Waals surface area contributed by atoms with Crippen molar-refractivity contribution in [1.82, 2.24) is 15.0 Å². The third-order valence-corrected chi connectivity index (χ3v) is 3.42. The first kappa shape index (κ1) is 10.7. The summed E-state index contributed by atoms with van der Waals surface area (Å²) >= 11 is 1.56. The Hall–Kier alpha value is -1.44. The topological polar surface area (TPSA) is 76.3 Å². The van der Waals surface area contributed by atoms with Gasteiger partial charge in [-0.05, 0) is 11.4 Å². The van der Waals surface area contributed by atoms with Crippen LogP contribution in [0.5, 0.6) is 0 Å². The molecular weight excluding hydrogens is 238 g/mol. The van der Waals surface area contributed by atoms with E-state index in [4.69, 9.17) is 10.5 Å². The second-order valence-corrected chi connectivity index (χ2v) is 4.68. The Morgan fingerprint density at radius 2 is 2.18 bits per heavy atom. The Morgan fingerprint density at radius 3 is 3.00 bits per heavy atom. The van der Waals surface area contributed by atoms with Crippen LogP contribution >= 0.6 is 11.3 Å². The van der Waals surface area contributed by atoms with Gasteiger partial charge < -0.3 is 15.9 Å². The molecule has 1 fully saturated rings. The van der Waals surface area contributed by atoms with Gasteiger partial charge in [0.15, 0.2) is 5.82 Å². The number of ether oxygens (including phenoxy) is 1. The van der Waals surface area contributed by atoms with Crippen LogP contribution in [0.15, 0.2) is 11.4 Å². The number of nitrogens with zero attached hydrogens (tertiary/aromatic N) is 3. The van der Waals surface area contributed by atoms with Crippen LogP contribution in [0, 0.1) is 0 Å². The minimum Gasteiger partial charge on any atom is -0.379 e. The van der Waals surface area contributed by atoms with Crippen LogP contribution in [0.1, 0.15) is 0 Å². The van der Waals surface area contributed by atoms with Gasteiger partial charge in [-0.2, -0.15) is 4.98 Å². The lowest BCUT2D eigenvalue weighted by atomic mass is 10.4. The van der Waals surface area contributed by atoms with E-state index in [0.717, 1.165) is 42.3 Å². The number of aromatic nitrogens is 2. The molecule has 1 saturated heterocycles. The van der Waals surface area contributed by atoms with Gasteiger partial charge >= 0.3 is 0 Å². The van der Waals surface area contributed by atoms with Crippen LogP contribution in [0.3, 0.4) is 0 Å². The van der Waals surface area contributed by atoms with E-state index in [1.165, 1.54) is 0 Å². The molecule has 3 rings (SSSR count). The summed E-state index contributed by atoms with van der Waals surface area (Å²) in [6, 6.07) is 2.00. The average Bonchev–Trinajstić information content (AvgIpc) is 2.78. The van der Waals surface area contributed by atoms with Crippen molar-refractivity contribution < 1.29 is 4.74 Å². The van der Waals surface area contributed by atoms with Crippen molar-refractivity contribution in [2.45, 2.75) is 0 Å². The molecule has 17 heavy (non-hydrogen) atoms. The zero-order chi connectivity index (χ0) is 11.7. The predicted octanol–water partition coefficient (Wildman–Crippen LogP) is 0.933. The van der Waals surface area contributed by atoms with E-state index in [0.29, 0.717) is 5.95 Å². The molecule has 0 spiro atoms. The molecule has 0 saturated carbocycles. The van der Waals surface area contributed by atoms with Crippen LogP contribution < -0.4 is 11.2 Å². The summed E-state index contributed by atoms with van der Waals surface area (Å²) in [6.07, 6.45) is 0. The molecule has 0 unspecified atom stereocenters. The van der Waals surface area contributed by atoms with E-state index in [1.807, 2.05) is 11.4 Å². The summed E-state index contributed by atoms with van der Waals surface area (Å²) in [5.74, 6) is 1.08. The van der Waals surface area contributed by atoms with E-state index in [1.54, 1.807) is 11.3 Å². The zero-order valence-corrected chi connectivity index (χ0v) is 10.0. The van der Waals surface area contributed by atoms with Crippen molar-refractivity contribution in [1.29, 1.82) is 0 Å². The lowest BCUT2D eigenvalue weighted by Crippen LogP contribution is -2.40. The molecule has 1 aliphatic heterocycles. The summed E-state index contributed by atoms with van der Waals surface area (Å²) in [5, 5.41) is 5.08. The second-order valence-electron chi connectivity index (χ2n) is 3.78. The van der Waals surface area contributed by atoms with Crippen molar-refractivity contribution >= 4 is 33.3 Å². The zero-order valence-electron chi connectivity index (χ0n) is 9.22. The summed E-state index contributed by atoms with van der Waals surface area (Å²) in [4.78, 5) is 9.35. The third-order valence-electron chi connectivity index (χ3n) is 2.62. The van der Waals surface area contributed by atoms with Crippen LogP contribution in [0.2, 0.25) is 0 Å². The van der Waals surface area contributed by atoms with Crippen molar-refractivity contribution in [3.63, 3.8) is 0 Å². The highest BCUT2D eigenvalue weighted by molar-refractivity contribution is 7.16. The molecule has 3 N–H and O–H groups in total. The number of rotatable bonds is 2. The highest BCUT2D eigenvalue weighted by Crippen LogP contribution is 2.26. The fourth-order valence-electron chi connectivity index (χ4n) is 1.78. The highest BCUT2D eigenvalue weighted by Gasteiger charge is 2.13. The number of anilines is 2. The van der Waals surface area contributed by atoms with E-state index in [2.05, 4.69) is 20.4 Å². The number of hydrazine groups is 1. The Kier molecular flexibility index (Phi) is 2.79. The van der Waals surface area contributed by atoms with E-state index < -0.39 is 0 Å². The molecule has 1 aliphatic rings. The lowest BCUT2D eigenvalue weighted by Gasteiger charge is -2.27. The molecule has 0 bridgehead atoms. The maximum Gasteiger partial charge on any atom is 0.223 e. The number of morpholine rings is 1. The first-order chi connectivity index (χ1) is 8.33. The number of thiophene rings is 1. The first-order valence-corrected chi connectivity index (χ1v) is 6.31. The van der Waals surface area contributed by atoms with Crippen molar-refractivity contribution in [3.05, 3.63) is 11.4 Å². The largest absolute Gasteiger partial charge is 0.379 e. The summed E-state index contributed by atoms with van der Waals surface area (Å²) in [5.41, 5.74) is 8.97. The fourth-order valence-corrected chi connectivity index (χ4v) is 2.55. The second kappa shape index (κ2) is 4.44. The molecule has 90 valence electrons. The number of nitrogens with two attached hydrogens (primary N) is 1. The van der Waals surface area contributed by atoms with E-state index >= 15 is 0 Å². The van der Waals surface area contributed by atoms with Gasteiger partial charge in [0.1, 0.15) is 4.83 Å². The highest BCUT2D eigenvalue weighted by atomic mass is 32.1. The quantitative estimate of drug-likeness (QED) is 0.827. The van der Waals surface area contributed by atoms with Crippen molar-refractivity contribution in [2.75, 3.05) is 37.5 Å². The van der Waals surface area contributed by atoms with Crippen LogP contribution in [-0.4, -0.2) is 41.3 Å². The molecule has 0 aliphatic carbocycles. The molecule has 6 nitrogen and oxygen atoms in total. The molecule has 0 radical (unpaired) electrons.